The molecule has 2 bridgehead atoms. The van der Waals surface area contributed by atoms with E-state index in [1.165, 1.54) is 0 Å². The van der Waals surface area contributed by atoms with Gasteiger partial charge in [-0.2, -0.15) is 13.2 Å². The first-order valence-corrected chi connectivity index (χ1v) is 6.92. The Balaban J connectivity index is 1.76. The summed E-state index contributed by atoms with van der Waals surface area (Å²) in [5.74, 6) is -0.896. The monoisotopic (exact) mass is 304 g/mol. The van der Waals surface area contributed by atoms with E-state index in [1.807, 2.05) is 0 Å². The molecule has 2 aliphatic heterocycles. The van der Waals surface area contributed by atoms with Crippen molar-refractivity contribution in [2.45, 2.75) is 51.0 Å². The van der Waals surface area contributed by atoms with Gasteiger partial charge in [0.15, 0.2) is 5.69 Å². The Morgan fingerprint density at radius 2 is 2.19 bits per heavy atom. The molecular weight excluding hydrogens is 289 g/mol. The maximum Gasteiger partial charge on any atom is 0.437 e. The van der Waals surface area contributed by atoms with E-state index < -0.39 is 11.9 Å². The van der Waals surface area contributed by atoms with Crippen molar-refractivity contribution in [3.8, 4) is 0 Å². The van der Waals surface area contributed by atoms with Crippen LogP contribution in [0.3, 0.4) is 0 Å². The van der Waals surface area contributed by atoms with Gasteiger partial charge in [-0.1, -0.05) is 12.1 Å². The summed E-state index contributed by atoms with van der Waals surface area (Å²) in [7, 11) is 0. The number of rotatable bonds is 3. The fourth-order valence-corrected chi connectivity index (χ4v) is 3.08. The van der Waals surface area contributed by atoms with Crippen LogP contribution in [0.15, 0.2) is 4.52 Å². The van der Waals surface area contributed by atoms with Gasteiger partial charge in [-0.3, -0.25) is 10.1 Å². The van der Waals surface area contributed by atoms with E-state index in [-0.39, 0.29) is 41.9 Å². The number of carbonyl (C=O) groups excluding carboxylic acids is 1. The molecule has 1 aromatic heterocycles. The molecule has 2 fully saturated rings. The minimum absolute atomic E-state index is 0.0706. The third-order valence-corrected chi connectivity index (χ3v) is 4.09. The predicted molar refractivity (Wildman–Crippen MR) is 65.5 cm³/mol. The van der Waals surface area contributed by atoms with Crippen molar-refractivity contribution in [3.05, 3.63) is 11.3 Å². The summed E-state index contributed by atoms with van der Waals surface area (Å²) in [4.78, 5) is 12.2. The van der Waals surface area contributed by atoms with Crippen molar-refractivity contribution in [2.24, 2.45) is 5.92 Å². The van der Waals surface area contributed by atoms with E-state index in [9.17, 15) is 18.0 Å². The second kappa shape index (κ2) is 5.01. The fraction of sp³-hybridized carbons (Fsp3) is 0.692. The van der Waals surface area contributed by atoms with Crippen molar-refractivity contribution >= 4 is 11.8 Å². The van der Waals surface area contributed by atoms with E-state index in [1.54, 1.807) is 6.92 Å². The minimum atomic E-state index is -4.59. The van der Waals surface area contributed by atoms with Crippen molar-refractivity contribution < 1.29 is 27.2 Å². The molecule has 8 heteroatoms. The van der Waals surface area contributed by atoms with Gasteiger partial charge in [0.1, 0.15) is 0 Å². The summed E-state index contributed by atoms with van der Waals surface area (Å²) in [6, 6.07) is 0. The SMILES string of the molecule is CCc1c(C(F)(F)F)noc1NC(=O)[C@@H]1C[C@H]2CC[C@@H]1O2. The molecule has 116 valence electrons. The van der Waals surface area contributed by atoms with Crippen LogP contribution in [0.4, 0.5) is 19.1 Å². The third-order valence-electron chi connectivity index (χ3n) is 4.09. The van der Waals surface area contributed by atoms with Crippen LogP contribution in [0.2, 0.25) is 0 Å². The topological polar surface area (TPSA) is 64.4 Å². The van der Waals surface area contributed by atoms with E-state index in [2.05, 4.69) is 15.0 Å². The summed E-state index contributed by atoms with van der Waals surface area (Å²) in [5.41, 5.74) is -1.20. The highest BCUT2D eigenvalue weighted by Gasteiger charge is 2.45. The summed E-state index contributed by atoms with van der Waals surface area (Å²) >= 11 is 0. The summed E-state index contributed by atoms with van der Waals surface area (Å²) in [5, 5.41) is 5.47. The predicted octanol–water partition coefficient (Wildman–Crippen LogP) is 2.76. The van der Waals surface area contributed by atoms with Crippen molar-refractivity contribution in [1.82, 2.24) is 5.16 Å². The van der Waals surface area contributed by atoms with Gasteiger partial charge in [0.05, 0.1) is 18.1 Å². The second-order valence-electron chi connectivity index (χ2n) is 5.40. The van der Waals surface area contributed by atoms with Crippen LogP contribution in [0.25, 0.3) is 0 Å². The van der Waals surface area contributed by atoms with Gasteiger partial charge in [-0.05, 0) is 25.7 Å². The zero-order valence-corrected chi connectivity index (χ0v) is 11.4. The van der Waals surface area contributed by atoms with Gasteiger partial charge in [0.2, 0.25) is 11.8 Å². The Hall–Kier alpha value is -1.57. The number of anilines is 1. The van der Waals surface area contributed by atoms with Crippen LogP contribution >= 0.6 is 0 Å². The number of hydrogen-bond donors (Lipinski definition) is 1. The van der Waals surface area contributed by atoms with Crippen LogP contribution in [-0.4, -0.2) is 23.3 Å². The molecule has 0 aliphatic carbocycles. The molecule has 0 aromatic carbocycles. The summed E-state index contributed by atoms with van der Waals surface area (Å²) in [6.07, 6.45) is -2.20. The molecule has 0 radical (unpaired) electrons. The molecule has 3 heterocycles. The molecule has 1 aromatic rings. The van der Waals surface area contributed by atoms with E-state index in [0.29, 0.717) is 6.42 Å². The minimum Gasteiger partial charge on any atom is -0.374 e. The van der Waals surface area contributed by atoms with Crippen LogP contribution in [0.5, 0.6) is 0 Å². The number of nitrogens with one attached hydrogen (secondary N) is 1. The maximum atomic E-state index is 12.8. The maximum absolute atomic E-state index is 12.8. The number of nitrogens with zero attached hydrogens (tertiary/aromatic N) is 1. The molecule has 2 saturated heterocycles. The first-order valence-electron chi connectivity index (χ1n) is 6.92. The quantitative estimate of drug-likeness (QED) is 0.932. The van der Waals surface area contributed by atoms with Gasteiger partial charge in [-0.25, -0.2) is 0 Å². The fourth-order valence-electron chi connectivity index (χ4n) is 3.08. The zero-order chi connectivity index (χ0) is 15.2. The van der Waals surface area contributed by atoms with E-state index >= 15 is 0 Å². The summed E-state index contributed by atoms with van der Waals surface area (Å²) in [6.45, 7) is 1.55. The molecular formula is C13H15F3N2O3. The molecule has 3 rings (SSSR count). The highest BCUT2D eigenvalue weighted by molar-refractivity contribution is 5.92. The molecule has 21 heavy (non-hydrogen) atoms. The Kier molecular flexibility index (Phi) is 3.43. The van der Waals surface area contributed by atoms with E-state index in [4.69, 9.17) is 4.74 Å². The van der Waals surface area contributed by atoms with Crippen LogP contribution < -0.4 is 5.32 Å². The molecule has 1 amide bonds. The number of alkyl halides is 3. The molecule has 0 spiro atoms. The number of halogens is 3. The molecule has 3 atom stereocenters. The number of aromatic nitrogens is 1. The lowest BCUT2D eigenvalue weighted by Gasteiger charge is -2.17. The number of fused-ring (bicyclic) bond motifs is 2. The standard InChI is InChI=1S/C13H15F3N2O3/c1-2-7-10(13(14,15)16)18-21-12(7)17-11(19)8-5-6-3-4-9(8)20-6/h6,8-9H,2-5H2,1H3,(H,17,19)/t6-,8-,9+/m1/s1. The average molecular weight is 304 g/mol. The Labute approximate surface area is 118 Å². The van der Waals surface area contributed by atoms with Crippen LogP contribution in [0, 0.1) is 5.92 Å². The van der Waals surface area contributed by atoms with Crippen molar-refractivity contribution in [1.29, 1.82) is 0 Å². The number of hydrogen-bond acceptors (Lipinski definition) is 4. The van der Waals surface area contributed by atoms with Crippen LogP contribution in [-0.2, 0) is 22.1 Å². The van der Waals surface area contributed by atoms with Gasteiger partial charge in [-0.15, -0.1) is 0 Å². The molecule has 0 saturated carbocycles. The van der Waals surface area contributed by atoms with E-state index in [0.717, 1.165) is 12.8 Å². The summed E-state index contributed by atoms with van der Waals surface area (Å²) < 4.78 is 48.5. The van der Waals surface area contributed by atoms with Crippen molar-refractivity contribution in [3.63, 3.8) is 0 Å². The molecule has 1 N–H and O–H groups in total. The van der Waals surface area contributed by atoms with Crippen LogP contribution in [0.1, 0.15) is 37.4 Å². The number of ether oxygens (including phenoxy) is 1. The third kappa shape index (κ3) is 2.52. The Bertz CT molecular complexity index is 555. The zero-order valence-electron chi connectivity index (χ0n) is 11.4. The lowest BCUT2D eigenvalue weighted by Crippen LogP contribution is -2.30. The smallest absolute Gasteiger partial charge is 0.374 e. The van der Waals surface area contributed by atoms with Gasteiger partial charge >= 0.3 is 6.18 Å². The normalized spacial score (nSPS) is 28.1. The second-order valence-corrected chi connectivity index (χ2v) is 5.40. The van der Waals surface area contributed by atoms with Crippen molar-refractivity contribution in [2.75, 3.05) is 5.32 Å². The average Bonchev–Trinajstić information content (AvgIpc) is 3.11. The first-order chi connectivity index (χ1) is 9.90. The van der Waals surface area contributed by atoms with Gasteiger partial charge in [0, 0.05) is 5.56 Å². The Morgan fingerprint density at radius 3 is 2.71 bits per heavy atom. The molecule has 0 unspecified atom stereocenters. The number of carbonyl (C=O) groups is 1. The highest BCUT2D eigenvalue weighted by atomic mass is 19.4. The molecule has 2 aliphatic rings. The van der Waals surface area contributed by atoms with Gasteiger partial charge in [0.25, 0.3) is 0 Å². The largest absolute Gasteiger partial charge is 0.437 e. The number of amides is 1. The van der Waals surface area contributed by atoms with Gasteiger partial charge < -0.3 is 9.26 Å². The Morgan fingerprint density at radius 1 is 1.43 bits per heavy atom. The highest BCUT2D eigenvalue weighted by Crippen LogP contribution is 2.40. The lowest BCUT2D eigenvalue weighted by molar-refractivity contribution is -0.143. The first kappa shape index (κ1) is 14.4. The molecule has 5 nitrogen and oxygen atoms in total. The lowest BCUT2D eigenvalue weighted by atomic mass is 9.88.